The average Bonchev–Trinajstić information content (AvgIpc) is 2.47. The van der Waals surface area contributed by atoms with E-state index in [0.717, 1.165) is 35.7 Å². The van der Waals surface area contributed by atoms with E-state index in [0.29, 0.717) is 13.2 Å². The summed E-state index contributed by atoms with van der Waals surface area (Å²) in [6.45, 7) is 6.19. The third-order valence-corrected chi connectivity index (χ3v) is 3.10. The molecule has 0 spiro atoms. The van der Waals surface area contributed by atoms with E-state index in [1.165, 1.54) is 0 Å². The first-order valence-corrected chi connectivity index (χ1v) is 7.27. The van der Waals surface area contributed by atoms with E-state index in [4.69, 9.17) is 4.74 Å². The van der Waals surface area contributed by atoms with E-state index in [2.05, 4.69) is 17.2 Å². The zero-order chi connectivity index (χ0) is 15.1. The van der Waals surface area contributed by atoms with Gasteiger partial charge in [0.2, 0.25) is 0 Å². The summed E-state index contributed by atoms with van der Waals surface area (Å²) in [5.41, 5.74) is 2.83. The molecule has 1 aromatic heterocycles. The minimum atomic E-state index is 0.253. The topological polar surface area (TPSA) is 54.4 Å². The molecule has 2 rings (SSSR count). The average molecular weight is 286 g/mol. The second kappa shape index (κ2) is 7.64. The zero-order valence-corrected chi connectivity index (χ0v) is 12.6. The largest absolute Gasteiger partial charge is 0.508 e. The van der Waals surface area contributed by atoms with Gasteiger partial charge in [0, 0.05) is 12.2 Å². The van der Waals surface area contributed by atoms with Gasteiger partial charge in [-0.2, -0.15) is 0 Å². The first kappa shape index (κ1) is 15.3. The fraction of sp³-hybridized carbons (Fsp3) is 0.353. The molecule has 0 aliphatic heterocycles. The number of aryl methyl sites for hydroxylation is 1. The molecule has 0 bridgehead atoms. The van der Waals surface area contributed by atoms with Crippen LogP contribution >= 0.6 is 0 Å². The molecule has 1 heterocycles. The zero-order valence-electron chi connectivity index (χ0n) is 12.6. The minimum Gasteiger partial charge on any atom is -0.508 e. The molecule has 0 saturated carbocycles. The molecule has 1 aromatic carbocycles. The first-order valence-electron chi connectivity index (χ1n) is 7.27. The van der Waals surface area contributed by atoms with E-state index in [9.17, 15) is 5.11 Å². The van der Waals surface area contributed by atoms with E-state index < -0.39 is 0 Å². The molecule has 0 atom stereocenters. The predicted octanol–water partition coefficient (Wildman–Crippen LogP) is 3.17. The van der Waals surface area contributed by atoms with Crippen LogP contribution in [0.3, 0.4) is 0 Å². The lowest BCUT2D eigenvalue weighted by atomic mass is 10.2. The van der Waals surface area contributed by atoms with Crippen molar-refractivity contribution in [3.8, 4) is 11.5 Å². The van der Waals surface area contributed by atoms with Gasteiger partial charge in [-0.05, 0) is 49.7 Å². The summed E-state index contributed by atoms with van der Waals surface area (Å²) in [4.78, 5) is 4.54. The minimum absolute atomic E-state index is 0.253. The van der Waals surface area contributed by atoms with Crippen molar-refractivity contribution in [1.29, 1.82) is 0 Å². The van der Waals surface area contributed by atoms with Crippen molar-refractivity contribution < 1.29 is 9.84 Å². The Hall–Kier alpha value is -2.07. The molecule has 0 saturated heterocycles. The van der Waals surface area contributed by atoms with E-state index in [1.807, 2.05) is 31.2 Å². The van der Waals surface area contributed by atoms with Gasteiger partial charge in [0.15, 0.2) is 0 Å². The Kier molecular flexibility index (Phi) is 5.58. The van der Waals surface area contributed by atoms with Crippen molar-refractivity contribution in [3.63, 3.8) is 0 Å². The Morgan fingerprint density at radius 3 is 2.86 bits per heavy atom. The van der Waals surface area contributed by atoms with Crippen LogP contribution in [0.1, 0.15) is 30.3 Å². The van der Waals surface area contributed by atoms with Crippen LogP contribution < -0.4 is 10.1 Å². The SMILES string of the molecule is CCCNCc1nc(C)ccc1OCc1cccc(O)c1. The van der Waals surface area contributed by atoms with Crippen molar-refractivity contribution in [2.24, 2.45) is 0 Å². The van der Waals surface area contributed by atoms with Crippen LogP contribution in [0.2, 0.25) is 0 Å². The molecule has 0 fully saturated rings. The molecule has 0 unspecified atom stereocenters. The highest BCUT2D eigenvalue weighted by Crippen LogP contribution is 2.19. The van der Waals surface area contributed by atoms with Crippen LogP contribution in [-0.2, 0) is 13.2 Å². The molecule has 0 radical (unpaired) electrons. The van der Waals surface area contributed by atoms with E-state index in [-0.39, 0.29) is 5.75 Å². The number of nitrogens with zero attached hydrogens (tertiary/aromatic N) is 1. The van der Waals surface area contributed by atoms with Gasteiger partial charge >= 0.3 is 0 Å². The quantitative estimate of drug-likeness (QED) is 0.768. The maximum absolute atomic E-state index is 9.47. The number of hydrogen-bond acceptors (Lipinski definition) is 4. The van der Waals surface area contributed by atoms with Crippen molar-refractivity contribution in [3.05, 3.63) is 53.3 Å². The van der Waals surface area contributed by atoms with E-state index >= 15 is 0 Å². The van der Waals surface area contributed by atoms with E-state index in [1.54, 1.807) is 12.1 Å². The van der Waals surface area contributed by atoms with Crippen molar-refractivity contribution in [1.82, 2.24) is 10.3 Å². The van der Waals surface area contributed by atoms with Gasteiger partial charge in [0.05, 0.1) is 5.69 Å². The second-order valence-corrected chi connectivity index (χ2v) is 5.03. The highest BCUT2D eigenvalue weighted by atomic mass is 16.5. The number of aromatic hydroxyl groups is 1. The predicted molar refractivity (Wildman–Crippen MR) is 83.4 cm³/mol. The van der Waals surface area contributed by atoms with Crippen molar-refractivity contribution in [2.45, 2.75) is 33.4 Å². The normalized spacial score (nSPS) is 10.6. The van der Waals surface area contributed by atoms with Gasteiger partial charge in [0.1, 0.15) is 18.1 Å². The van der Waals surface area contributed by atoms with Crippen LogP contribution in [0.25, 0.3) is 0 Å². The Labute approximate surface area is 125 Å². The number of phenols is 1. The van der Waals surface area contributed by atoms with Gasteiger partial charge in [-0.15, -0.1) is 0 Å². The highest BCUT2D eigenvalue weighted by Gasteiger charge is 2.06. The summed E-state index contributed by atoms with van der Waals surface area (Å²) in [5, 5.41) is 12.8. The van der Waals surface area contributed by atoms with Crippen LogP contribution in [0, 0.1) is 6.92 Å². The number of aromatic nitrogens is 1. The Balaban J connectivity index is 2.04. The molecule has 21 heavy (non-hydrogen) atoms. The molecule has 2 aromatic rings. The lowest BCUT2D eigenvalue weighted by molar-refractivity contribution is 0.299. The molecular formula is C17H22N2O2. The number of benzene rings is 1. The Morgan fingerprint density at radius 2 is 2.10 bits per heavy atom. The van der Waals surface area contributed by atoms with Crippen LogP contribution in [-0.4, -0.2) is 16.6 Å². The summed E-state index contributed by atoms with van der Waals surface area (Å²) >= 11 is 0. The Bertz CT molecular complexity index is 585. The second-order valence-electron chi connectivity index (χ2n) is 5.03. The fourth-order valence-electron chi connectivity index (χ4n) is 2.05. The number of hydrogen-bond donors (Lipinski definition) is 2. The summed E-state index contributed by atoms with van der Waals surface area (Å²) in [6, 6.07) is 11.0. The Morgan fingerprint density at radius 1 is 1.24 bits per heavy atom. The number of rotatable bonds is 7. The molecule has 0 aliphatic rings. The van der Waals surface area contributed by atoms with Gasteiger partial charge in [-0.25, -0.2) is 0 Å². The maximum Gasteiger partial charge on any atom is 0.142 e. The van der Waals surface area contributed by atoms with Crippen LogP contribution in [0.5, 0.6) is 11.5 Å². The number of pyridine rings is 1. The van der Waals surface area contributed by atoms with Gasteiger partial charge in [-0.1, -0.05) is 19.1 Å². The highest BCUT2D eigenvalue weighted by molar-refractivity contribution is 5.31. The standard InChI is InChI=1S/C17H22N2O2/c1-3-9-18-11-16-17(8-7-13(2)19-16)21-12-14-5-4-6-15(20)10-14/h4-8,10,18,20H,3,9,11-12H2,1-2H3. The molecule has 0 amide bonds. The third kappa shape index (κ3) is 4.76. The number of ether oxygens (including phenoxy) is 1. The molecule has 0 aliphatic carbocycles. The number of nitrogens with one attached hydrogen (secondary N) is 1. The maximum atomic E-state index is 9.47. The van der Waals surface area contributed by atoms with Gasteiger partial charge < -0.3 is 15.2 Å². The summed E-state index contributed by atoms with van der Waals surface area (Å²) in [5.74, 6) is 1.04. The molecule has 4 nitrogen and oxygen atoms in total. The summed E-state index contributed by atoms with van der Waals surface area (Å²) in [7, 11) is 0. The van der Waals surface area contributed by atoms with Gasteiger partial charge in [-0.3, -0.25) is 4.98 Å². The summed E-state index contributed by atoms with van der Waals surface area (Å²) in [6.07, 6.45) is 1.09. The smallest absolute Gasteiger partial charge is 0.142 e. The van der Waals surface area contributed by atoms with Gasteiger partial charge in [0.25, 0.3) is 0 Å². The van der Waals surface area contributed by atoms with Crippen LogP contribution in [0.4, 0.5) is 0 Å². The molecule has 2 N–H and O–H groups in total. The lowest BCUT2D eigenvalue weighted by Crippen LogP contribution is -2.16. The summed E-state index contributed by atoms with van der Waals surface area (Å²) < 4.78 is 5.85. The first-order chi connectivity index (χ1) is 10.2. The van der Waals surface area contributed by atoms with Crippen molar-refractivity contribution >= 4 is 0 Å². The lowest BCUT2D eigenvalue weighted by Gasteiger charge is -2.12. The molecular weight excluding hydrogens is 264 g/mol. The molecule has 112 valence electrons. The molecule has 4 heteroatoms. The van der Waals surface area contributed by atoms with Crippen molar-refractivity contribution in [2.75, 3.05) is 6.54 Å². The third-order valence-electron chi connectivity index (χ3n) is 3.10. The van der Waals surface area contributed by atoms with Crippen LogP contribution in [0.15, 0.2) is 36.4 Å². The fourth-order valence-corrected chi connectivity index (χ4v) is 2.05. The monoisotopic (exact) mass is 286 g/mol. The number of phenolic OH excluding ortho intramolecular Hbond substituents is 1.